The molecule has 0 saturated carbocycles. The Morgan fingerprint density at radius 3 is 2.47 bits per heavy atom. The van der Waals surface area contributed by atoms with E-state index in [4.69, 9.17) is 37.7 Å². The minimum absolute atomic E-state index is 0.144. The number of ether oxygens (including phenoxy) is 2. The predicted octanol–water partition coefficient (Wildman–Crippen LogP) is 5.71. The van der Waals surface area contributed by atoms with E-state index in [1.165, 1.54) is 12.8 Å². The first-order valence-electron chi connectivity index (χ1n) is 14.3. The van der Waals surface area contributed by atoms with E-state index in [9.17, 15) is 4.79 Å². The number of aryl methyl sites for hydroxylation is 1. The summed E-state index contributed by atoms with van der Waals surface area (Å²) in [6.07, 6.45) is 8.43. The molecule has 1 aromatic carbocycles. The van der Waals surface area contributed by atoms with E-state index in [1.807, 2.05) is 42.2 Å². The quantitative estimate of drug-likeness (QED) is 0.229. The van der Waals surface area contributed by atoms with Gasteiger partial charge in [0.2, 0.25) is 11.8 Å². The van der Waals surface area contributed by atoms with Crippen molar-refractivity contribution in [2.75, 3.05) is 31.6 Å². The first kappa shape index (κ1) is 29.3. The van der Waals surface area contributed by atoms with Gasteiger partial charge in [0.15, 0.2) is 5.75 Å². The van der Waals surface area contributed by atoms with E-state index in [2.05, 4.69) is 24.8 Å². The van der Waals surface area contributed by atoms with Crippen LogP contribution in [0.3, 0.4) is 0 Å². The summed E-state index contributed by atoms with van der Waals surface area (Å²) >= 11 is 12.6. The number of hydrogen-bond acceptors (Lipinski definition) is 9. The number of benzene rings is 1. The molecule has 2 aliphatic heterocycles. The van der Waals surface area contributed by atoms with Crippen LogP contribution in [-0.4, -0.2) is 62.1 Å². The number of hydrogen-bond donors (Lipinski definition) is 0. The Balaban J connectivity index is 1.19. The van der Waals surface area contributed by atoms with E-state index < -0.39 is 0 Å². The first-order chi connectivity index (χ1) is 20.8. The Morgan fingerprint density at radius 1 is 1.00 bits per heavy atom. The van der Waals surface area contributed by atoms with Gasteiger partial charge in [0.1, 0.15) is 0 Å². The van der Waals surface area contributed by atoms with Crippen LogP contribution in [0.4, 0.5) is 5.95 Å². The van der Waals surface area contributed by atoms with Crippen LogP contribution in [0.5, 0.6) is 11.6 Å². The van der Waals surface area contributed by atoms with Gasteiger partial charge in [-0.1, -0.05) is 23.2 Å². The molecule has 43 heavy (non-hydrogen) atoms. The Kier molecular flexibility index (Phi) is 8.78. The number of halogens is 2. The number of pyridine rings is 1. The lowest BCUT2D eigenvalue weighted by molar-refractivity contribution is -0.142. The highest BCUT2D eigenvalue weighted by molar-refractivity contribution is 6.35. The van der Waals surface area contributed by atoms with Gasteiger partial charge in [-0.15, -0.1) is 0 Å². The molecule has 0 unspecified atom stereocenters. The van der Waals surface area contributed by atoms with Crippen LogP contribution in [0, 0.1) is 5.92 Å². The van der Waals surface area contributed by atoms with Crippen LogP contribution in [0.25, 0.3) is 11.3 Å². The molecular formula is C31H33Cl2N7O3. The largest absolute Gasteiger partial charge is 0.469 e. The molecule has 5 heterocycles. The summed E-state index contributed by atoms with van der Waals surface area (Å²) in [4.78, 5) is 34.7. The lowest BCUT2D eigenvalue weighted by Gasteiger charge is -2.31. The third kappa shape index (κ3) is 7.09. The molecule has 10 nitrogen and oxygen atoms in total. The van der Waals surface area contributed by atoms with Crippen molar-refractivity contribution in [3.8, 4) is 22.9 Å². The third-order valence-corrected chi connectivity index (χ3v) is 8.48. The molecule has 0 N–H and O–H groups in total. The molecule has 0 spiro atoms. The summed E-state index contributed by atoms with van der Waals surface area (Å²) in [7, 11) is 3.45. The maximum absolute atomic E-state index is 11.7. The Labute approximate surface area is 260 Å². The van der Waals surface area contributed by atoms with Crippen molar-refractivity contribution in [3.05, 3.63) is 76.0 Å². The van der Waals surface area contributed by atoms with Crippen LogP contribution >= 0.6 is 23.2 Å². The Morgan fingerprint density at radius 2 is 1.74 bits per heavy atom. The molecular weight excluding hydrogens is 589 g/mol. The number of imidazole rings is 1. The normalized spacial score (nSPS) is 15.8. The smallest absolute Gasteiger partial charge is 0.305 e. The van der Waals surface area contributed by atoms with E-state index >= 15 is 0 Å². The van der Waals surface area contributed by atoms with Crippen molar-refractivity contribution in [1.82, 2.24) is 29.4 Å². The minimum Gasteiger partial charge on any atom is -0.469 e. The van der Waals surface area contributed by atoms with Gasteiger partial charge in [-0.25, -0.2) is 19.9 Å². The van der Waals surface area contributed by atoms with E-state index in [1.54, 1.807) is 18.5 Å². The van der Waals surface area contributed by atoms with Gasteiger partial charge in [-0.05, 0) is 61.7 Å². The van der Waals surface area contributed by atoms with Crippen LogP contribution < -0.4 is 9.64 Å². The molecule has 0 radical (unpaired) electrons. The van der Waals surface area contributed by atoms with E-state index in [-0.39, 0.29) is 5.97 Å². The van der Waals surface area contributed by atoms with Gasteiger partial charge in [0.05, 0.1) is 49.5 Å². The summed E-state index contributed by atoms with van der Waals surface area (Å²) in [5.74, 6) is 1.77. The predicted molar refractivity (Wildman–Crippen MR) is 164 cm³/mol. The summed E-state index contributed by atoms with van der Waals surface area (Å²) in [6.45, 7) is 4.02. The van der Waals surface area contributed by atoms with Crippen molar-refractivity contribution in [3.63, 3.8) is 0 Å². The number of esters is 1. The number of aromatic nitrogens is 5. The van der Waals surface area contributed by atoms with Crippen molar-refractivity contribution in [1.29, 1.82) is 0 Å². The molecule has 12 heteroatoms. The van der Waals surface area contributed by atoms with Gasteiger partial charge in [0, 0.05) is 54.7 Å². The summed E-state index contributed by atoms with van der Waals surface area (Å²) in [5.41, 5.74) is 4.85. The third-order valence-electron chi connectivity index (χ3n) is 8.04. The topological polar surface area (TPSA) is 98.5 Å². The highest BCUT2D eigenvalue weighted by Crippen LogP contribution is 2.31. The number of likely N-dealkylation sites (tertiary alicyclic amines) is 1. The molecule has 2 aliphatic rings. The van der Waals surface area contributed by atoms with Gasteiger partial charge in [-0.2, -0.15) is 0 Å². The van der Waals surface area contributed by atoms with Gasteiger partial charge < -0.3 is 18.9 Å². The van der Waals surface area contributed by atoms with Gasteiger partial charge >= 0.3 is 5.97 Å². The molecule has 1 saturated heterocycles. The van der Waals surface area contributed by atoms with Crippen molar-refractivity contribution in [2.24, 2.45) is 13.0 Å². The number of nitrogens with zero attached hydrogens (tertiary/aromatic N) is 7. The van der Waals surface area contributed by atoms with Crippen molar-refractivity contribution >= 4 is 35.1 Å². The van der Waals surface area contributed by atoms with E-state index in [0.29, 0.717) is 58.7 Å². The van der Waals surface area contributed by atoms with E-state index in [0.717, 1.165) is 55.7 Å². The molecule has 0 atom stereocenters. The number of anilines is 1. The van der Waals surface area contributed by atoms with Crippen LogP contribution in [0.1, 0.15) is 36.2 Å². The van der Waals surface area contributed by atoms with Crippen LogP contribution in [0.15, 0.2) is 49.1 Å². The fraction of sp³-hybridized carbons (Fsp3) is 0.387. The molecule has 0 bridgehead atoms. The van der Waals surface area contributed by atoms with Crippen molar-refractivity contribution < 1.29 is 14.3 Å². The highest BCUT2D eigenvalue weighted by Gasteiger charge is 2.24. The molecule has 3 aromatic heterocycles. The molecule has 4 aromatic rings. The monoisotopic (exact) mass is 621 g/mol. The summed E-state index contributed by atoms with van der Waals surface area (Å²) in [5, 5.41) is 1.06. The minimum atomic E-state index is -0.144. The van der Waals surface area contributed by atoms with Crippen LogP contribution in [0.2, 0.25) is 10.0 Å². The van der Waals surface area contributed by atoms with Crippen LogP contribution in [-0.2, 0) is 36.1 Å². The lowest BCUT2D eigenvalue weighted by Crippen LogP contribution is -2.34. The number of fused-ring (bicyclic) bond motifs is 1. The molecule has 0 aliphatic carbocycles. The summed E-state index contributed by atoms with van der Waals surface area (Å²) < 4.78 is 13.1. The number of piperidine rings is 1. The van der Waals surface area contributed by atoms with Gasteiger partial charge in [-0.3, -0.25) is 9.69 Å². The number of methoxy groups -OCH3 is 1. The lowest BCUT2D eigenvalue weighted by atomic mass is 9.93. The zero-order valence-electron chi connectivity index (χ0n) is 24.2. The average Bonchev–Trinajstić information content (AvgIpc) is 3.37. The Bertz CT molecular complexity index is 1580. The molecule has 224 valence electrons. The maximum Gasteiger partial charge on any atom is 0.305 e. The van der Waals surface area contributed by atoms with Gasteiger partial charge in [0.25, 0.3) is 0 Å². The van der Waals surface area contributed by atoms with Crippen molar-refractivity contribution in [2.45, 2.75) is 38.8 Å². The standard InChI is InChI=1S/C31H33Cl2N7O3/c1-38-19-36-26-5-8-40(18-28(26)38)31-34-15-25(16-35-31)43-29-10-21(9-27(37-29)22-12-23(32)14-24(33)13-22)17-39-6-3-20(4-7-39)11-30(41)42-2/h9-10,12-16,19-20H,3-8,11,17-18H2,1-2H3. The average molecular weight is 623 g/mol. The Hall–Kier alpha value is -3.73. The fourth-order valence-corrected chi connectivity index (χ4v) is 6.24. The fourth-order valence-electron chi connectivity index (χ4n) is 5.71. The molecule has 1 fully saturated rings. The summed E-state index contributed by atoms with van der Waals surface area (Å²) in [6, 6.07) is 9.36. The highest BCUT2D eigenvalue weighted by atomic mass is 35.5. The zero-order valence-corrected chi connectivity index (χ0v) is 25.7. The number of carbonyl (C=O) groups is 1. The molecule has 0 amide bonds. The SMILES string of the molecule is COC(=O)CC1CCN(Cc2cc(Oc3cnc(N4CCc5ncn(C)c5C4)nc3)nc(-c3cc(Cl)cc(Cl)c3)c2)CC1. The first-order valence-corrected chi connectivity index (χ1v) is 15.1. The second kappa shape index (κ2) is 12.9. The maximum atomic E-state index is 11.7. The number of rotatable bonds is 8. The molecule has 6 rings (SSSR count). The second-order valence-corrected chi connectivity index (χ2v) is 12.0. The number of carbonyl (C=O) groups excluding carboxylic acids is 1. The second-order valence-electron chi connectivity index (χ2n) is 11.1. The zero-order chi connectivity index (χ0) is 29.9.